The molecule has 0 saturated carbocycles. The van der Waals surface area contributed by atoms with Gasteiger partial charge >= 0.3 is 5.69 Å². The van der Waals surface area contributed by atoms with Crippen LogP contribution in [0.1, 0.15) is 28.4 Å². The largest absolute Gasteiger partial charge is 0.494 e. The molecule has 7 heteroatoms. The van der Waals surface area contributed by atoms with Crippen LogP contribution in [0, 0.1) is 13.8 Å². The molecule has 0 fully saturated rings. The number of aryl methyl sites for hydroxylation is 2. The monoisotopic (exact) mass is 379 g/mol. The summed E-state index contributed by atoms with van der Waals surface area (Å²) in [5.74, 6) is 0.0398. The van der Waals surface area contributed by atoms with Crippen LogP contribution < -0.4 is 21.3 Å². The average molecular weight is 379 g/mol. The highest BCUT2D eigenvalue weighted by molar-refractivity contribution is 6.04. The first-order valence-corrected chi connectivity index (χ1v) is 8.88. The summed E-state index contributed by atoms with van der Waals surface area (Å²) < 4.78 is 6.30. The number of nitrogens with one attached hydrogen (secondary N) is 2. The van der Waals surface area contributed by atoms with Gasteiger partial charge < -0.3 is 15.0 Å². The molecule has 2 N–H and O–H groups in total. The zero-order valence-electron chi connectivity index (χ0n) is 15.9. The van der Waals surface area contributed by atoms with Gasteiger partial charge in [0.05, 0.1) is 12.3 Å². The van der Waals surface area contributed by atoms with Crippen LogP contribution in [0.4, 0.5) is 5.69 Å². The van der Waals surface area contributed by atoms with E-state index in [9.17, 15) is 14.4 Å². The Morgan fingerprint density at radius 2 is 1.71 bits per heavy atom. The van der Waals surface area contributed by atoms with Gasteiger partial charge in [0.1, 0.15) is 11.3 Å². The van der Waals surface area contributed by atoms with Crippen LogP contribution >= 0.6 is 0 Å². The number of hydrogen-bond acceptors (Lipinski definition) is 4. The fourth-order valence-corrected chi connectivity index (χ4v) is 2.92. The number of anilines is 1. The molecule has 0 spiro atoms. The highest BCUT2D eigenvalue weighted by Gasteiger charge is 2.17. The van der Waals surface area contributed by atoms with E-state index in [0.29, 0.717) is 23.7 Å². The number of benzene rings is 2. The summed E-state index contributed by atoms with van der Waals surface area (Å²) in [7, 11) is 0. The van der Waals surface area contributed by atoms with Crippen molar-refractivity contribution in [1.82, 2.24) is 9.55 Å². The standard InChI is InChI=1S/C21H21N3O4/c1-4-28-16-10-8-15(9-11-16)24-20(26)17(12-22-21(24)27)19(25)23-18-13(2)6-5-7-14(18)3/h5-12H,4H2,1-3H3,(H,22,27)(H,23,25). The van der Waals surface area contributed by atoms with Crippen LogP contribution in [-0.2, 0) is 0 Å². The molecule has 1 heterocycles. The van der Waals surface area contributed by atoms with Gasteiger partial charge in [0.15, 0.2) is 0 Å². The normalized spacial score (nSPS) is 10.5. The van der Waals surface area contributed by atoms with Crippen LogP contribution in [0.5, 0.6) is 5.75 Å². The summed E-state index contributed by atoms with van der Waals surface area (Å²) in [6.07, 6.45) is 1.14. The molecule has 144 valence electrons. The summed E-state index contributed by atoms with van der Waals surface area (Å²) in [5.41, 5.74) is 1.27. The third kappa shape index (κ3) is 3.73. The molecule has 0 radical (unpaired) electrons. The van der Waals surface area contributed by atoms with E-state index in [1.54, 1.807) is 24.3 Å². The van der Waals surface area contributed by atoms with Crippen molar-refractivity contribution in [3.05, 3.63) is 86.2 Å². The zero-order valence-corrected chi connectivity index (χ0v) is 15.9. The summed E-state index contributed by atoms with van der Waals surface area (Å²) in [5, 5.41) is 2.77. The molecule has 3 aromatic rings. The number of aromatic nitrogens is 2. The number of H-pyrrole nitrogens is 1. The van der Waals surface area contributed by atoms with Crippen LogP contribution in [0.3, 0.4) is 0 Å². The van der Waals surface area contributed by atoms with Gasteiger partial charge in [0.2, 0.25) is 0 Å². The Kier molecular flexibility index (Phi) is 5.44. The van der Waals surface area contributed by atoms with Crippen molar-refractivity contribution in [3.8, 4) is 11.4 Å². The summed E-state index contributed by atoms with van der Waals surface area (Å²) in [6, 6.07) is 12.1. The Bertz CT molecular complexity index is 1110. The minimum atomic E-state index is -0.698. The molecule has 3 rings (SSSR count). The number of hydrogen-bond donors (Lipinski definition) is 2. The molecule has 2 aromatic carbocycles. The number of carbonyl (C=O) groups is 1. The second kappa shape index (κ2) is 7.96. The predicted molar refractivity (Wildman–Crippen MR) is 108 cm³/mol. The van der Waals surface area contributed by atoms with E-state index in [1.807, 2.05) is 39.0 Å². The third-order valence-corrected chi connectivity index (χ3v) is 4.35. The van der Waals surface area contributed by atoms with Crippen molar-refractivity contribution in [1.29, 1.82) is 0 Å². The highest BCUT2D eigenvalue weighted by atomic mass is 16.5. The second-order valence-corrected chi connectivity index (χ2v) is 6.30. The topological polar surface area (TPSA) is 93.2 Å². The molecule has 0 atom stereocenters. The molecule has 7 nitrogen and oxygen atoms in total. The van der Waals surface area contributed by atoms with Crippen LogP contribution in [0.15, 0.2) is 58.3 Å². The lowest BCUT2D eigenvalue weighted by Crippen LogP contribution is -2.38. The maximum Gasteiger partial charge on any atom is 0.333 e. The molecule has 0 aliphatic carbocycles. The van der Waals surface area contributed by atoms with Crippen molar-refractivity contribution in [2.45, 2.75) is 20.8 Å². The van der Waals surface area contributed by atoms with Crippen molar-refractivity contribution in [2.24, 2.45) is 0 Å². The van der Waals surface area contributed by atoms with Crippen LogP contribution in [0.25, 0.3) is 5.69 Å². The lowest BCUT2D eigenvalue weighted by molar-refractivity contribution is 0.102. The van der Waals surface area contributed by atoms with Gasteiger partial charge in [-0.2, -0.15) is 0 Å². The van der Waals surface area contributed by atoms with E-state index >= 15 is 0 Å². The maximum atomic E-state index is 12.9. The molecule has 0 aliphatic rings. The van der Waals surface area contributed by atoms with Crippen LogP contribution in [0.2, 0.25) is 0 Å². The van der Waals surface area contributed by atoms with Gasteiger partial charge in [-0.25, -0.2) is 9.36 Å². The fraction of sp³-hybridized carbons (Fsp3) is 0.190. The number of nitrogens with zero attached hydrogens (tertiary/aromatic N) is 1. The first kappa shape index (κ1) is 19.2. The smallest absolute Gasteiger partial charge is 0.333 e. The van der Waals surface area contributed by atoms with Crippen LogP contribution in [-0.4, -0.2) is 22.1 Å². The summed E-state index contributed by atoms with van der Waals surface area (Å²) >= 11 is 0. The fourth-order valence-electron chi connectivity index (χ4n) is 2.92. The minimum absolute atomic E-state index is 0.156. The quantitative estimate of drug-likeness (QED) is 0.713. The van der Waals surface area contributed by atoms with E-state index in [4.69, 9.17) is 4.74 Å². The molecule has 28 heavy (non-hydrogen) atoms. The van der Waals surface area contributed by atoms with Crippen molar-refractivity contribution in [3.63, 3.8) is 0 Å². The number of rotatable bonds is 5. The molecule has 0 bridgehead atoms. The van der Waals surface area contributed by atoms with Gasteiger partial charge in [-0.1, -0.05) is 18.2 Å². The van der Waals surface area contributed by atoms with Gasteiger partial charge in [0.25, 0.3) is 11.5 Å². The first-order chi connectivity index (χ1) is 13.4. The van der Waals surface area contributed by atoms with Gasteiger partial charge in [0, 0.05) is 11.9 Å². The minimum Gasteiger partial charge on any atom is -0.494 e. The average Bonchev–Trinajstić information content (AvgIpc) is 2.66. The Morgan fingerprint density at radius 3 is 2.32 bits per heavy atom. The molecule has 1 aromatic heterocycles. The maximum absolute atomic E-state index is 12.9. The van der Waals surface area contributed by atoms with E-state index in [2.05, 4.69) is 10.3 Å². The predicted octanol–water partition coefficient (Wildman–Crippen LogP) is 2.79. The van der Waals surface area contributed by atoms with E-state index in [-0.39, 0.29) is 5.56 Å². The Morgan fingerprint density at radius 1 is 1.07 bits per heavy atom. The number of ether oxygens (including phenoxy) is 1. The number of para-hydroxylation sites is 1. The Labute approximate surface area is 161 Å². The third-order valence-electron chi connectivity index (χ3n) is 4.35. The van der Waals surface area contributed by atoms with Crippen molar-refractivity contribution in [2.75, 3.05) is 11.9 Å². The Balaban J connectivity index is 2.00. The van der Waals surface area contributed by atoms with Crippen molar-refractivity contribution < 1.29 is 9.53 Å². The van der Waals surface area contributed by atoms with E-state index in [0.717, 1.165) is 21.9 Å². The first-order valence-electron chi connectivity index (χ1n) is 8.88. The molecule has 0 aliphatic heterocycles. The molecule has 1 amide bonds. The molecular formula is C21H21N3O4. The number of amides is 1. The second-order valence-electron chi connectivity index (χ2n) is 6.30. The van der Waals surface area contributed by atoms with Gasteiger partial charge in [-0.15, -0.1) is 0 Å². The van der Waals surface area contributed by atoms with E-state index < -0.39 is 17.2 Å². The summed E-state index contributed by atoms with van der Waals surface area (Å²) in [6.45, 7) is 6.11. The lowest BCUT2D eigenvalue weighted by atomic mass is 10.1. The van der Waals surface area contributed by atoms with Gasteiger partial charge in [-0.05, 0) is 56.2 Å². The van der Waals surface area contributed by atoms with Crippen molar-refractivity contribution >= 4 is 11.6 Å². The highest BCUT2D eigenvalue weighted by Crippen LogP contribution is 2.20. The molecular weight excluding hydrogens is 358 g/mol. The SMILES string of the molecule is CCOc1ccc(-n2c(=O)[nH]cc(C(=O)Nc3c(C)cccc3C)c2=O)cc1. The van der Waals surface area contributed by atoms with E-state index in [1.165, 1.54) is 0 Å². The lowest BCUT2D eigenvalue weighted by Gasteiger charge is -2.12. The molecule has 0 unspecified atom stereocenters. The number of carbonyl (C=O) groups excluding carboxylic acids is 1. The van der Waals surface area contributed by atoms with Gasteiger partial charge in [-0.3, -0.25) is 9.59 Å². The zero-order chi connectivity index (χ0) is 20.3. The Hall–Kier alpha value is -3.61. The summed E-state index contributed by atoms with van der Waals surface area (Å²) in [4.78, 5) is 40.3. The molecule has 0 saturated heterocycles. The number of aromatic amines is 1.